The lowest BCUT2D eigenvalue weighted by Crippen LogP contribution is -2.65. The van der Waals surface area contributed by atoms with Crippen molar-refractivity contribution in [2.24, 2.45) is 0 Å². The van der Waals surface area contributed by atoms with Crippen molar-refractivity contribution in [2.75, 3.05) is 13.7 Å². The zero-order chi connectivity index (χ0) is 20.0. The van der Waals surface area contributed by atoms with Gasteiger partial charge < -0.3 is 29.4 Å². The predicted octanol–water partition coefficient (Wildman–Crippen LogP) is 0.0120. The number of rotatable bonds is 6. The molecular formula is C18H23NO8. The van der Waals surface area contributed by atoms with Gasteiger partial charge in [-0.25, -0.2) is 4.79 Å². The van der Waals surface area contributed by atoms with Crippen molar-refractivity contribution in [1.29, 1.82) is 0 Å². The molecule has 9 heteroatoms. The molecule has 0 spiro atoms. The van der Waals surface area contributed by atoms with Gasteiger partial charge in [0.1, 0.15) is 24.9 Å². The molecule has 2 rings (SSSR count). The molecule has 5 atom stereocenters. The SMILES string of the molecule is COC1O[C@H](COC(=O)c2ccccc2)[C@@H](O)[C@H](OC(C)=O)[C@H]1NC(C)=O. The number of esters is 2. The highest BCUT2D eigenvalue weighted by molar-refractivity contribution is 5.89. The summed E-state index contributed by atoms with van der Waals surface area (Å²) < 4.78 is 21.2. The molecule has 1 heterocycles. The van der Waals surface area contributed by atoms with E-state index < -0.39 is 48.5 Å². The highest BCUT2D eigenvalue weighted by atomic mass is 16.7. The van der Waals surface area contributed by atoms with E-state index in [1.807, 2.05) is 0 Å². The Labute approximate surface area is 156 Å². The van der Waals surface area contributed by atoms with Gasteiger partial charge in [0, 0.05) is 21.0 Å². The van der Waals surface area contributed by atoms with Gasteiger partial charge in [0.2, 0.25) is 5.91 Å². The number of nitrogens with one attached hydrogen (secondary N) is 1. The summed E-state index contributed by atoms with van der Waals surface area (Å²) >= 11 is 0. The lowest BCUT2D eigenvalue weighted by Gasteiger charge is -2.43. The fourth-order valence-corrected chi connectivity index (χ4v) is 2.79. The third-order valence-corrected chi connectivity index (χ3v) is 3.97. The first kappa shape index (κ1) is 20.8. The van der Waals surface area contributed by atoms with Crippen LogP contribution in [-0.4, -0.2) is 67.3 Å². The molecular weight excluding hydrogens is 358 g/mol. The molecule has 27 heavy (non-hydrogen) atoms. The monoisotopic (exact) mass is 381 g/mol. The van der Waals surface area contributed by atoms with Crippen LogP contribution in [0.1, 0.15) is 24.2 Å². The third kappa shape index (κ3) is 5.49. The minimum Gasteiger partial charge on any atom is -0.459 e. The summed E-state index contributed by atoms with van der Waals surface area (Å²) in [6.07, 6.45) is -4.51. The number of aliphatic hydroxyl groups excluding tert-OH is 1. The van der Waals surface area contributed by atoms with Crippen LogP contribution >= 0.6 is 0 Å². The summed E-state index contributed by atoms with van der Waals surface area (Å²) in [5, 5.41) is 13.1. The molecule has 1 aromatic rings. The summed E-state index contributed by atoms with van der Waals surface area (Å²) in [6.45, 7) is 2.16. The molecule has 0 saturated carbocycles. The van der Waals surface area contributed by atoms with Gasteiger partial charge in [0.25, 0.3) is 0 Å². The Morgan fingerprint density at radius 2 is 1.85 bits per heavy atom. The van der Waals surface area contributed by atoms with E-state index in [1.54, 1.807) is 30.3 Å². The standard InChI is InChI=1S/C18H23NO8/c1-10(20)19-14-16(26-11(2)21)15(22)13(27-18(14)24-3)9-25-17(23)12-7-5-4-6-8-12/h4-8,13-16,18,22H,9H2,1-3H3,(H,19,20)/t13-,14-,15-,16-,18?/m1/s1. The Balaban J connectivity index is 2.11. The molecule has 1 aromatic carbocycles. The van der Waals surface area contributed by atoms with Gasteiger partial charge in [0.15, 0.2) is 12.4 Å². The van der Waals surface area contributed by atoms with Gasteiger partial charge in [-0.1, -0.05) is 18.2 Å². The Bertz CT molecular complexity index is 665. The second kappa shape index (κ2) is 9.45. The molecule has 0 radical (unpaired) electrons. The maximum atomic E-state index is 12.1. The molecule has 1 unspecified atom stereocenters. The Kier molecular flexibility index (Phi) is 7.28. The van der Waals surface area contributed by atoms with E-state index in [2.05, 4.69) is 5.32 Å². The first-order chi connectivity index (χ1) is 12.8. The third-order valence-electron chi connectivity index (χ3n) is 3.97. The number of ether oxygens (including phenoxy) is 4. The summed E-state index contributed by atoms with van der Waals surface area (Å²) in [5.41, 5.74) is 0.346. The first-order valence-electron chi connectivity index (χ1n) is 8.36. The second-order valence-corrected chi connectivity index (χ2v) is 6.03. The summed E-state index contributed by atoms with van der Waals surface area (Å²) in [6, 6.07) is 7.41. The van der Waals surface area contributed by atoms with Crippen molar-refractivity contribution in [2.45, 2.75) is 44.5 Å². The fourth-order valence-electron chi connectivity index (χ4n) is 2.79. The number of hydrogen-bond acceptors (Lipinski definition) is 8. The maximum absolute atomic E-state index is 12.1. The van der Waals surface area contributed by atoms with E-state index in [1.165, 1.54) is 21.0 Å². The highest BCUT2D eigenvalue weighted by Gasteiger charge is 2.48. The van der Waals surface area contributed by atoms with Crippen LogP contribution in [0, 0.1) is 0 Å². The van der Waals surface area contributed by atoms with E-state index in [9.17, 15) is 19.5 Å². The van der Waals surface area contributed by atoms with Crippen LogP contribution in [0.5, 0.6) is 0 Å². The van der Waals surface area contributed by atoms with Gasteiger partial charge in [-0.3, -0.25) is 9.59 Å². The molecule has 2 N–H and O–H groups in total. The van der Waals surface area contributed by atoms with Crippen molar-refractivity contribution in [1.82, 2.24) is 5.32 Å². The molecule has 0 bridgehead atoms. The van der Waals surface area contributed by atoms with Gasteiger partial charge in [-0.2, -0.15) is 0 Å². The van der Waals surface area contributed by atoms with E-state index in [0.29, 0.717) is 5.56 Å². The number of benzene rings is 1. The fraction of sp³-hybridized carbons (Fsp3) is 0.500. The number of carbonyl (C=O) groups excluding carboxylic acids is 3. The normalized spacial score (nSPS) is 27.5. The number of hydrogen-bond donors (Lipinski definition) is 2. The van der Waals surface area contributed by atoms with Crippen LogP contribution < -0.4 is 5.32 Å². The summed E-state index contributed by atoms with van der Waals surface area (Å²) in [4.78, 5) is 35.0. The molecule has 0 aromatic heterocycles. The minimum atomic E-state index is -1.35. The van der Waals surface area contributed by atoms with Crippen LogP contribution in [0.2, 0.25) is 0 Å². The molecule has 9 nitrogen and oxygen atoms in total. The Morgan fingerprint density at radius 1 is 1.19 bits per heavy atom. The van der Waals surface area contributed by atoms with Crippen LogP contribution in [-0.2, 0) is 28.5 Å². The quantitative estimate of drug-likeness (QED) is 0.662. The van der Waals surface area contributed by atoms with E-state index >= 15 is 0 Å². The van der Waals surface area contributed by atoms with Crippen molar-refractivity contribution in [3.05, 3.63) is 35.9 Å². The predicted molar refractivity (Wildman–Crippen MR) is 91.6 cm³/mol. The van der Waals surface area contributed by atoms with E-state index in [0.717, 1.165) is 0 Å². The van der Waals surface area contributed by atoms with Crippen LogP contribution in [0.15, 0.2) is 30.3 Å². The van der Waals surface area contributed by atoms with Crippen molar-refractivity contribution >= 4 is 17.8 Å². The highest BCUT2D eigenvalue weighted by Crippen LogP contribution is 2.25. The van der Waals surface area contributed by atoms with Crippen molar-refractivity contribution in [3.8, 4) is 0 Å². The molecule has 1 aliphatic heterocycles. The van der Waals surface area contributed by atoms with Crippen LogP contribution in [0.25, 0.3) is 0 Å². The van der Waals surface area contributed by atoms with Gasteiger partial charge >= 0.3 is 11.9 Å². The smallest absolute Gasteiger partial charge is 0.338 e. The minimum absolute atomic E-state index is 0.292. The van der Waals surface area contributed by atoms with Crippen molar-refractivity contribution < 1.29 is 38.4 Å². The van der Waals surface area contributed by atoms with Gasteiger partial charge in [-0.15, -0.1) is 0 Å². The zero-order valence-electron chi connectivity index (χ0n) is 15.3. The van der Waals surface area contributed by atoms with Gasteiger partial charge in [-0.05, 0) is 12.1 Å². The topological polar surface area (TPSA) is 120 Å². The molecule has 0 aliphatic carbocycles. The zero-order valence-corrected chi connectivity index (χ0v) is 15.3. The lowest BCUT2D eigenvalue weighted by molar-refractivity contribution is -0.266. The Morgan fingerprint density at radius 3 is 2.41 bits per heavy atom. The van der Waals surface area contributed by atoms with Crippen molar-refractivity contribution in [3.63, 3.8) is 0 Å². The lowest BCUT2D eigenvalue weighted by atomic mass is 9.96. The van der Waals surface area contributed by atoms with Gasteiger partial charge in [0.05, 0.1) is 5.56 Å². The maximum Gasteiger partial charge on any atom is 0.338 e. The number of methoxy groups -OCH3 is 1. The second-order valence-electron chi connectivity index (χ2n) is 6.03. The van der Waals surface area contributed by atoms with E-state index in [-0.39, 0.29) is 6.61 Å². The van der Waals surface area contributed by atoms with E-state index in [4.69, 9.17) is 18.9 Å². The molecule has 1 saturated heterocycles. The van der Waals surface area contributed by atoms with Crippen LogP contribution in [0.3, 0.4) is 0 Å². The first-order valence-corrected chi connectivity index (χ1v) is 8.36. The average Bonchev–Trinajstić information content (AvgIpc) is 2.64. The number of carbonyl (C=O) groups is 3. The summed E-state index contributed by atoms with van der Waals surface area (Å²) in [7, 11) is 1.34. The summed E-state index contributed by atoms with van der Waals surface area (Å²) in [5.74, 6) is -1.65. The number of aliphatic hydroxyl groups is 1. The van der Waals surface area contributed by atoms with Crippen LogP contribution in [0.4, 0.5) is 0 Å². The largest absolute Gasteiger partial charge is 0.459 e. The molecule has 1 amide bonds. The average molecular weight is 381 g/mol. The molecule has 1 aliphatic rings. The molecule has 148 valence electrons. The Hall–Kier alpha value is -2.49. The molecule has 1 fully saturated rings. The number of amides is 1.